The van der Waals surface area contributed by atoms with Gasteiger partial charge in [-0.2, -0.15) is 0 Å². The maximum atomic E-state index is 15.1. The summed E-state index contributed by atoms with van der Waals surface area (Å²) in [6, 6.07) is 11.7. The van der Waals surface area contributed by atoms with E-state index in [1.807, 2.05) is 4.90 Å². The van der Waals surface area contributed by atoms with Gasteiger partial charge in [0.15, 0.2) is 11.6 Å². The molecule has 1 saturated heterocycles. The first-order valence-electron chi connectivity index (χ1n) is 12.3. The third-order valence-corrected chi connectivity index (χ3v) is 6.34. The molecule has 0 aliphatic carbocycles. The molecule has 39 heavy (non-hydrogen) atoms. The van der Waals surface area contributed by atoms with E-state index in [-0.39, 0.29) is 24.2 Å². The second kappa shape index (κ2) is 11.6. The summed E-state index contributed by atoms with van der Waals surface area (Å²) in [7, 11) is 1.74. The Hall–Kier alpha value is -4.94. The van der Waals surface area contributed by atoms with Gasteiger partial charge in [-0.15, -0.1) is 0 Å². The topological polar surface area (TPSA) is 142 Å². The number of anilines is 3. The predicted octanol–water partition coefficient (Wildman–Crippen LogP) is 2.60. The van der Waals surface area contributed by atoms with E-state index in [0.717, 1.165) is 0 Å². The highest BCUT2D eigenvalue weighted by molar-refractivity contribution is 5.96. The summed E-state index contributed by atoms with van der Waals surface area (Å²) >= 11 is 0. The molecule has 0 atom stereocenters. The van der Waals surface area contributed by atoms with Gasteiger partial charge >= 0.3 is 0 Å². The van der Waals surface area contributed by atoms with Crippen molar-refractivity contribution >= 4 is 29.1 Å². The van der Waals surface area contributed by atoms with Crippen molar-refractivity contribution in [3.05, 3.63) is 72.1 Å². The number of halogens is 1. The lowest BCUT2D eigenvalue weighted by atomic mass is 10.1. The van der Waals surface area contributed by atoms with Crippen molar-refractivity contribution in [3.63, 3.8) is 0 Å². The SMILES string of the molecule is CNc1ccc(C(=O)NCC(=O)N2CCN(c3ccc(-c4cc(CNc5ccon5)on4)cc3F)CC2)cn1. The molecule has 1 aromatic carbocycles. The van der Waals surface area contributed by atoms with Crippen LogP contribution < -0.4 is 20.9 Å². The molecular weight excluding hydrogens is 507 g/mol. The molecule has 0 radical (unpaired) electrons. The number of hydrogen-bond donors (Lipinski definition) is 3. The molecule has 3 N–H and O–H groups in total. The van der Waals surface area contributed by atoms with Crippen LogP contribution in [0, 0.1) is 5.82 Å². The van der Waals surface area contributed by atoms with Crippen LogP contribution in [-0.2, 0) is 11.3 Å². The lowest BCUT2D eigenvalue weighted by Gasteiger charge is -2.36. The van der Waals surface area contributed by atoms with E-state index < -0.39 is 0 Å². The quantitative estimate of drug-likeness (QED) is 0.293. The zero-order valence-electron chi connectivity index (χ0n) is 21.2. The molecule has 0 spiro atoms. The van der Waals surface area contributed by atoms with Gasteiger partial charge in [0.1, 0.15) is 23.6 Å². The van der Waals surface area contributed by atoms with Crippen LogP contribution in [0.25, 0.3) is 11.3 Å². The first kappa shape index (κ1) is 25.7. The van der Waals surface area contributed by atoms with E-state index in [1.54, 1.807) is 48.3 Å². The molecule has 202 valence electrons. The Morgan fingerprint density at radius 3 is 2.56 bits per heavy atom. The maximum absolute atomic E-state index is 15.1. The Morgan fingerprint density at radius 2 is 1.87 bits per heavy atom. The number of nitrogens with one attached hydrogen (secondary N) is 3. The molecule has 0 saturated carbocycles. The number of carbonyl (C=O) groups is 2. The van der Waals surface area contributed by atoms with Crippen molar-refractivity contribution in [2.45, 2.75) is 6.54 Å². The summed E-state index contributed by atoms with van der Waals surface area (Å²) in [4.78, 5) is 32.6. The number of nitrogens with zero attached hydrogens (tertiary/aromatic N) is 5. The van der Waals surface area contributed by atoms with E-state index in [2.05, 4.69) is 31.2 Å². The fourth-order valence-corrected chi connectivity index (χ4v) is 4.18. The van der Waals surface area contributed by atoms with Crippen LogP contribution in [0.3, 0.4) is 0 Å². The Kier molecular flexibility index (Phi) is 7.66. The monoisotopic (exact) mass is 534 g/mol. The average Bonchev–Trinajstić information content (AvgIpc) is 3.67. The van der Waals surface area contributed by atoms with Gasteiger partial charge in [0, 0.05) is 57.1 Å². The van der Waals surface area contributed by atoms with E-state index in [0.29, 0.717) is 72.6 Å². The molecule has 1 fully saturated rings. The minimum atomic E-state index is -0.386. The lowest BCUT2D eigenvalue weighted by molar-refractivity contribution is -0.130. The standard InChI is InChI=1S/C26H27FN8O4/c1-28-23-5-3-18(14-29-23)26(37)31-16-25(36)35-9-7-34(8-10-35)22-4-2-17(12-20(22)27)21-13-19(39-32-21)15-30-24-6-11-38-33-24/h2-6,11-14H,7-10,15-16H2,1H3,(H,28,29)(H,30,33)(H,31,37). The van der Waals surface area contributed by atoms with Gasteiger partial charge in [0.25, 0.3) is 5.91 Å². The molecule has 0 unspecified atom stereocenters. The van der Waals surface area contributed by atoms with Crippen molar-refractivity contribution in [2.24, 2.45) is 0 Å². The summed E-state index contributed by atoms with van der Waals surface area (Å²) in [6.45, 7) is 2.00. The largest absolute Gasteiger partial charge is 0.373 e. The van der Waals surface area contributed by atoms with Gasteiger partial charge in [0.05, 0.1) is 24.3 Å². The average molecular weight is 535 g/mol. The van der Waals surface area contributed by atoms with Crippen molar-refractivity contribution in [3.8, 4) is 11.3 Å². The summed E-state index contributed by atoms with van der Waals surface area (Å²) < 4.78 is 25.2. The van der Waals surface area contributed by atoms with Crippen molar-refractivity contribution in [2.75, 3.05) is 55.3 Å². The van der Waals surface area contributed by atoms with E-state index in [9.17, 15) is 9.59 Å². The number of carbonyl (C=O) groups excluding carboxylic acids is 2. The highest BCUT2D eigenvalue weighted by Crippen LogP contribution is 2.27. The van der Waals surface area contributed by atoms with Crippen molar-refractivity contribution < 1.29 is 23.0 Å². The number of pyridine rings is 1. The van der Waals surface area contributed by atoms with Gasteiger partial charge in [-0.05, 0) is 24.3 Å². The number of amides is 2. The minimum absolute atomic E-state index is 0.122. The molecule has 1 aliphatic heterocycles. The van der Waals surface area contributed by atoms with E-state index in [4.69, 9.17) is 9.05 Å². The molecular formula is C26H27FN8O4. The van der Waals surface area contributed by atoms with Crippen LogP contribution in [0.5, 0.6) is 0 Å². The van der Waals surface area contributed by atoms with Crippen molar-refractivity contribution in [1.82, 2.24) is 25.5 Å². The summed E-state index contributed by atoms with van der Waals surface area (Å²) in [5, 5.41) is 16.3. The van der Waals surface area contributed by atoms with E-state index >= 15 is 4.39 Å². The van der Waals surface area contributed by atoms with Crippen LogP contribution in [0.2, 0.25) is 0 Å². The van der Waals surface area contributed by atoms with Crippen LogP contribution >= 0.6 is 0 Å². The molecule has 4 aromatic rings. The molecule has 13 heteroatoms. The molecule has 0 bridgehead atoms. The summed E-state index contributed by atoms with van der Waals surface area (Å²) in [5.41, 5.74) is 1.93. The Balaban J connectivity index is 1.11. The Morgan fingerprint density at radius 1 is 1.03 bits per heavy atom. The first-order chi connectivity index (χ1) is 19.0. The first-order valence-corrected chi connectivity index (χ1v) is 12.3. The molecule has 2 amide bonds. The van der Waals surface area contributed by atoms with Gasteiger partial charge in [-0.25, -0.2) is 9.37 Å². The van der Waals surface area contributed by atoms with Crippen LogP contribution in [0.1, 0.15) is 16.1 Å². The van der Waals surface area contributed by atoms with Crippen LogP contribution in [-0.4, -0.2) is 71.8 Å². The smallest absolute Gasteiger partial charge is 0.253 e. The zero-order chi connectivity index (χ0) is 27.2. The second-order valence-electron chi connectivity index (χ2n) is 8.82. The maximum Gasteiger partial charge on any atom is 0.253 e. The third-order valence-electron chi connectivity index (χ3n) is 6.34. The van der Waals surface area contributed by atoms with Gasteiger partial charge < -0.3 is 34.8 Å². The molecule has 3 aromatic heterocycles. The summed E-state index contributed by atoms with van der Waals surface area (Å²) in [5.74, 6) is 0.832. The van der Waals surface area contributed by atoms with Crippen LogP contribution in [0.15, 0.2) is 64.0 Å². The molecule has 1 aliphatic rings. The molecule has 12 nitrogen and oxygen atoms in total. The van der Waals surface area contributed by atoms with E-state index in [1.165, 1.54) is 18.5 Å². The summed E-state index contributed by atoms with van der Waals surface area (Å²) in [6.07, 6.45) is 2.91. The number of hydrogen-bond acceptors (Lipinski definition) is 10. The second-order valence-corrected chi connectivity index (χ2v) is 8.82. The third kappa shape index (κ3) is 6.14. The Bertz CT molecular complexity index is 1420. The fourth-order valence-electron chi connectivity index (χ4n) is 4.18. The number of aromatic nitrogens is 3. The normalized spacial score (nSPS) is 13.3. The Labute approximate surface area is 223 Å². The predicted molar refractivity (Wildman–Crippen MR) is 141 cm³/mol. The van der Waals surface area contributed by atoms with Gasteiger partial charge in [-0.1, -0.05) is 16.4 Å². The number of piperazine rings is 1. The molecule has 5 rings (SSSR count). The van der Waals surface area contributed by atoms with Crippen molar-refractivity contribution in [1.29, 1.82) is 0 Å². The molecule has 4 heterocycles. The highest BCUT2D eigenvalue weighted by Gasteiger charge is 2.23. The number of benzene rings is 1. The van der Waals surface area contributed by atoms with Gasteiger partial charge in [-0.3, -0.25) is 9.59 Å². The number of rotatable bonds is 9. The van der Waals surface area contributed by atoms with Gasteiger partial charge in [0.2, 0.25) is 5.91 Å². The minimum Gasteiger partial charge on any atom is -0.373 e. The zero-order valence-corrected chi connectivity index (χ0v) is 21.2. The lowest BCUT2D eigenvalue weighted by Crippen LogP contribution is -2.51. The highest BCUT2D eigenvalue weighted by atomic mass is 19.1. The fraction of sp³-hybridized carbons (Fsp3) is 0.269. The van der Waals surface area contributed by atoms with Crippen LogP contribution in [0.4, 0.5) is 21.7 Å².